The highest BCUT2D eigenvalue weighted by Crippen LogP contribution is 2.36. The Morgan fingerprint density at radius 2 is 1.59 bits per heavy atom. The molecule has 0 amide bonds. The molecule has 6 nitrogen and oxygen atoms in total. The predicted octanol–water partition coefficient (Wildman–Crippen LogP) is 2.08. The molecule has 2 rings (SSSR count). The third-order valence-electron chi connectivity index (χ3n) is 3.63. The van der Waals surface area contributed by atoms with E-state index < -0.39 is 5.54 Å². The minimum Gasteiger partial charge on any atom is -0.399 e. The van der Waals surface area contributed by atoms with Crippen molar-refractivity contribution in [1.82, 2.24) is 0 Å². The monoisotopic (exact) mass is 300 g/mol. The van der Waals surface area contributed by atoms with Crippen LogP contribution in [0.25, 0.3) is 0 Å². The van der Waals surface area contributed by atoms with Crippen molar-refractivity contribution in [2.45, 2.75) is 19.4 Å². The minimum atomic E-state index is -0.436. The van der Waals surface area contributed by atoms with Crippen molar-refractivity contribution in [3.8, 4) is 0 Å². The van der Waals surface area contributed by atoms with E-state index in [4.69, 9.17) is 31.9 Å². The zero-order valence-electron chi connectivity index (χ0n) is 12.6. The van der Waals surface area contributed by atoms with Gasteiger partial charge in [-0.2, -0.15) is 0 Å². The molecule has 2 unspecified atom stereocenters. The number of nitrogens with one attached hydrogen (secondary N) is 2. The maximum absolute atomic E-state index is 8.35. The molecule has 0 saturated heterocycles. The number of hydrogen-bond acceptors (Lipinski definition) is 6. The molecule has 0 saturated carbocycles. The lowest BCUT2D eigenvalue weighted by Gasteiger charge is -2.37. The smallest absolute Gasteiger partial charge is 0.231 e. The number of isocyanates is 2. The van der Waals surface area contributed by atoms with Crippen molar-refractivity contribution < 1.29 is 9.59 Å². The van der Waals surface area contributed by atoms with Gasteiger partial charge in [-0.05, 0) is 24.1 Å². The lowest BCUT2D eigenvalue weighted by molar-refractivity contribution is 0.409. The van der Waals surface area contributed by atoms with E-state index >= 15 is 0 Å². The zero-order valence-corrected chi connectivity index (χ0v) is 12.6. The van der Waals surface area contributed by atoms with E-state index in [1.54, 1.807) is 0 Å². The number of carbonyl (C=O) groups excluding carboxylic acids is 2. The van der Waals surface area contributed by atoms with Gasteiger partial charge >= 0.3 is 0 Å². The van der Waals surface area contributed by atoms with E-state index in [0.717, 1.165) is 29.0 Å². The third-order valence-corrected chi connectivity index (χ3v) is 3.63. The van der Waals surface area contributed by atoms with Gasteiger partial charge in [-0.25, -0.2) is 20.4 Å². The van der Waals surface area contributed by atoms with Crippen molar-refractivity contribution in [3.05, 3.63) is 59.3 Å². The van der Waals surface area contributed by atoms with Gasteiger partial charge in [0, 0.05) is 11.6 Å². The Kier molecular flexibility index (Phi) is 8.05. The molecule has 116 valence electrons. The van der Waals surface area contributed by atoms with Crippen molar-refractivity contribution in [3.63, 3.8) is 0 Å². The molecule has 0 spiro atoms. The molecule has 1 aromatic rings. The average molecular weight is 300 g/mol. The van der Waals surface area contributed by atoms with E-state index in [2.05, 4.69) is 19.1 Å². The lowest BCUT2D eigenvalue weighted by atomic mass is 9.73. The van der Waals surface area contributed by atoms with Gasteiger partial charge in [0.25, 0.3) is 0 Å². The number of benzene rings is 1. The average Bonchev–Trinajstić information content (AvgIpc) is 2.52. The minimum absolute atomic E-state index is 0.222. The summed E-state index contributed by atoms with van der Waals surface area (Å²) in [6, 6.07) is 10.2. The molecule has 0 aromatic heterocycles. The second-order valence-electron chi connectivity index (χ2n) is 4.70. The molecule has 6 N–H and O–H groups in total. The van der Waals surface area contributed by atoms with Crippen LogP contribution in [0, 0.1) is 16.7 Å². The quantitative estimate of drug-likeness (QED) is 0.466. The summed E-state index contributed by atoms with van der Waals surface area (Å²) in [6.45, 7) is 4.17. The van der Waals surface area contributed by atoms with Crippen molar-refractivity contribution >= 4 is 12.2 Å². The first-order chi connectivity index (χ1) is 10.4. The van der Waals surface area contributed by atoms with Crippen LogP contribution >= 0.6 is 0 Å². The molecular weight excluding hydrogens is 280 g/mol. The number of allylic oxidation sites excluding steroid dienone is 1. The summed E-state index contributed by atoms with van der Waals surface area (Å²) >= 11 is 0. The van der Waals surface area contributed by atoms with E-state index in [0.29, 0.717) is 0 Å². The van der Waals surface area contributed by atoms with Crippen molar-refractivity contribution in [2.24, 2.45) is 17.4 Å². The number of nitrogens with two attached hydrogens (primary N) is 2. The van der Waals surface area contributed by atoms with Crippen LogP contribution < -0.4 is 11.5 Å². The number of hydrogen-bond donors (Lipinski definition) is 4. The van der Waals surface area contributed by atoms with Crippen LogP contribution in [0.5, 0.6) is 0 Å². The molecule has 1 aliphatic rings. The van der Waals surface area contributed by atoms with Gasteiger partial charge < -0.3 is 11.5 Å². The third kappa shape index (κ3) is 4.65. The summed E-state index contributed by atoms with van der Waals surface area (Å²) < 4.78 is 0. The summed E-state index contributed by atoms with van der Waals surface area (Å²) in [5.41, 5.74) is 15.1. The number of rotatable bonds is 1. The predicted molar refractivity (Wildman–Crippen MR) is 84.3 cm³/mol. The van der Waals surface area contributed by atoms with Gasteiger partial charge in [-0.1, -0.05) is 43.3 Å². The molecular formula is C16H20N4O2. The molecule has 22 heavy (non-hydrogen) atoms. The highest BCUT2D eigenvalue weighted by molar-refractivity contribution is 5.41. The summed E-state index contributed by atoms with van der Waals surface area (Å²) in [5, 5.41) is 10.8. The van der Waals surface area contributed by atoms with Gasteiger partial charge in [-0.15, -0.1) is 0 Å². The molecule has 0 radical (unpaired) electrons. The van der Waals surface area contributed by atoms with Crippen LogP contribution in [0.2, 0.25) is 0 Å². The van der Waals surface area contributed by atoms with Crippen LogP contribution in [0.15, 0.2) is 53.8 Å². The zero-order chi connectivity index (χ0) is 17.2. The Labute approximate surface area is 129 Å². The van der Waals surface area contributed by atoms with Gasteiger partial charge in [-0.3, -0.25) is 0 Å². The SMILES string of the molecule is CC1=C(N)C=CC(N)(c2ccccc2)C1C.N=C=O.N=C=O. The van der Waals surface area contributed by atoms with Crippen molar-refractivity contribution in [2.75, 3.05) is 0 Å². The van der Waals surface area contributed by atoms with E-state index in [1.807, 2.05) is 37.3 Å². The maximum atomic E-state index is 8.35. The van der Waals surface area contributed by atoms with Crippen LogP contribution in [0.4, 0.5) is 0 Å². The van der Waals surface area contributed by atoms with Gasteiger partial charge in [0.15, 0.2) is 0 Å². The first-order valence-electron chi connectivity index (χ1n) is 6.46. The first-order valence-corrected chi connectivity index (χ1v) is 6.46. The first kappa shape index (κ1) is 19.2. The van der Waals surface area contributed by atoms with Gasteiger partial charge in [0.1, 0.15) is 0 Å². The van der Waals surface area contributed by atoms with Crippen LogP contribution in [-0.4, -0.2) is 12.2 Å². The Hall–Kier alpha value is -2.78. The largest absolute Gasteiger partial charge is 0.399 e. The Balaban J connectivity index is 0.000000639. The molecule has 0 heterocycles. The summed E-state index contributed by atoms with van der Waals surface area (Å²) in [6.07, 6.45) is 5.43. The van der Waals surface area contributed by atoms with Gasteiger partial charge in [0.2, 0.25) is 12.2 Å². The summed E-state index contributed by atoms with van der Waals surface area (Å²) in [4.78, 5) is 16.7. The Bertz CT molecular complexity index is 598. The fraction of sp³-hybridized carbons (Fsp3) is 0.250. The highest BCUT2D eigenvalue weighted by Gasteiger charge is 2.34. The summed E-state index contributed by atoms with van der Waals surface area (Å²) in [7, 11) is 0. The van der Waals surface area contributed by atoms with Crippen molar-refractivity contribution in [1.29, 1.82) is 10.8 Å². The standard InChI is InChI=1S/C14H18N2.2CHNO/c1-10-11(2)14(16,9-8-13(10)15)12-6-4-3-5-7-12;2*2-1-3/h3-9,11H,15-16H2,1-2H3;2*2H. The molecule has 2 atom stereocenters. The van der Waals surface area contributed by atoms with Crippen LogP contribution in [0.1, 0.15) is 19.4 Å². The lowest BCUT2D eigenvalue weighted by Crippen LogP contribution is -2.43. The maximum Gasteiger partial charge on any atom is 0.231 e. The Morgan fingerprint density at radius 3 is 2.05 bits per heavy atom. The normalized spacial score (nSPS) is 22.2. The second-order valence-corrected chi connectivity index (χ2v) is 4.70. The summed E-state index contributed by atoms with van der Waals surface area (Å²) in [5.74, 6) is 0.222. The van der Waals surface area contributed by atoms with Crippen LogP contribution in [0.3, 0.4) is 0 Å². The van der Waals surface area contributed by atoms with E-state index in [1.165, 1.54) is 0 Å². The molecule has 0 bridgehead atoms. The molecule has 0 fully saturated rings. The van der Waals surface area contributed by atoms with Crippen LogP contribution in [-0.2, 0) is 15.1 Å². The van der Waals surface area contributed by atoms with E-state index in [-0.39, 0.29) is 5.92 Å². The molecule has 1 aromatic carbocycles. The molecule has 1 aliphatic carbocycles. The highest BCUT2D eigenvalue weighted by atomic mass is 16.1. The topological polar surface area (TPSA) is 134 Å². The Morgan fingerprint density at radius 1 is 1.14 bits per heavy atom. The second kappa shape index (κ2) is 9.21. The molecule has 6 heteroatoms. The van der Waals surface area contributed by atoms with E-state index in [9.17, 15) is 0 Å². The van der Waals surface area contributed by atoms with Gasteiger partial charge in [0.05, 0.1) is 5.54 Å². The fourth-order valence-electron chi connectivity index (χ4n) is 2.18. The molecule has 0 aliphatic heterocycles. The fourth-order valence-corrected chi connectivity index (χ4v) is 2.18.